The molecule has 0 amide bonds. The van der Waals surface area contributed by atoms with E-state index in [1.807, 2.05) is 30.3 Å². The summed E-state index contributed by atoms with van der Waals surface area (Å²) in [7, 11) is 0. The Kier molecular flexibility index (Phi) is 3.82. The van der Waals surface area contributed by atoms with Crippen molar-refractivity contribution >= 4 is 6.08 Å². The average molecular weight is 193 g/mol. The highest BCUT2D eigenvalue weighted by molar-refractivity contribution is 5.49. The molecule has 4 nitrogen and oxygen atoms in total. The first kappa shape index (κ1) is 10.4. The highest BCUT2D eigenvalue weighted by Gasteiger charge is 2.05. The van der Waals surface area contributed by atoms with E-state index in [-0.39, 0.29) is 0 Å². The first-order chi connectivity index (χ1) is 6.68. The topological polar surface area (TPSA) is 63.4 Å². The van der Waals surface area contributed by atoms with Crippen LogP contribution in [0.15, 0.2) is 36.4 Å². The van der Waals surface area contributed by atoms with E-state index in [0.29, 0.717) is 0 Å². The summed E-state index contributed by atoms with van der Waals surface area (Å²) in [5.74, 6) is 0. The van der Waals surface area contributed by atoms with E-state index >= 15 is 0 Å². The fourth-order valence-corrected chi connectivity index (χ4v) is 1.000. The Hall–Kier alpha value is -1.68. The van der Waals surface area contributed by atoms with E-state index in [4.69, 9.17) is 5.11 Å². The zero-order valence-corrected chi connectivity index (χ0v) is 7.54. The smallest absolute Gasteiger partial charge is 0.232 e. The molecule has 1 atom stereocenters. The molecule has 1 aromatic carbocycles. The van der Waals surface area contributed by atoms with E-state index in [0.717, 1.165) is 5.56 Å². The minimum atomic E-state index is -1.02. The number of nitro groups is 1. The van der Waals surface area contributed by atoms with Crippen LogP contribution in [0.1, 0.15) is 5.56 Å². The first-order valence-corrected chi connectivity index (χ1v) is 4.21. The van der Waals surface area contributed by atoms with E-state index in [1.54, 1.807) is 6.08 Å². The molecule has 0 heterocycles. The van der Waals surface area contributed by atoms with Gasteiger partial charge in [0, 0.05) is 4.92 Å². The Morgan fingerprint density at radius 3 is 2.64 bits per heavy atom. The molecule has 0 radical (unpaired) electrons. The van der Waals surface area contributed by atoms with Crippen LogP contribution in [-0.2, 0) is 0 Å². The van der Waals surface area contributed by atoms with Gasteiger partial charge in [0.1, 0.15) is 6.10 Å². The van der Waals surface area contributed by atoms with Gasteiger partial charge < -0.3 is 5.11 Å². The monoisotopic (exact) mass is 193 g/mol. The summed E-state index contributed by atoms with van der Waals surface area (Å²) in [6.07, 6.45) is 2.05. The summed E-state index contributed by atoms with van der Waals surface area (Å²) in [5, 5.41) is 19.2. The van der Waals surface area contributed by atoms with Crippen molar-refractivity contribution in [2.45, 2.75) is 6.10 Å². The molecule has 0 saturated carbocycles. The third kappa shape index (κ3) is 3.82. The molecule has 74 valence electrons. The van der Waals surface area contributed by atoms with Gasteiger partial charge in [-0.05, 0) is 11.6 Å². The highest BCUT2D eigenvalue weighted by Crippen LogP contribution is 2.01. The Balaban J connectivity index is 2.52. The molecule has 1 N–H and O–H groups in total. The maximum absolute atomic E-state index is 10.0. The average Bonchev–Trinajstić information content (AvgIpc) is 2.15. The number of hydrogen-bond donors (Lipinski definition) is 1. The van der Waals surface area contributed by atoms with Gasteiger partial charge in [-0.25, -0.2) is 0 Å². The van der Waals surface area contributed by atoms with Crippen molar-refractivity contribution in [2.24, 2.45) is 0 Å². The van der Waals surface area contributed by atoms with Gasteiger partial charge in [0.05, 0.1) is 0 Å². The predicted octanol–water partition coefficient (Wildman–Crippen LogP) is 1.34. The first-order valence-electron chi connectivity index (χ1n) is 4.21. The number of nitrogens with zero attached hydrogens (tertiary/aromatic N) is 1. The molecular formula is C10H11NO3. The van der Waals surface area contributed by atoms with E-state index in [1.165, 1.54) is 6.08 Å². The molecule has 0 saturated heterocycles. The summed E-state index contributed by atoms with van der Waals surface area (Å²) in [6, 6.07) is 9.31. The third-order valence-corrected chi connectivity index (χ3v) is 1.65. The Bertz CT molecular complexity index is 321. The predicted molar refractivity (Wildman–Crippen MR) is 53.3 cm³/mol. The van der Waals surface area contributed by atoms with Gasteiger partial charge in [0.25, 0.3) is 0 Å². The summed E-state index contributed by atoms with van der Waals surface area (Å²) >= 11 is 0. The second-order valence-electron chi connectivity index (χ2n) is 2.85. The number of benzene rings is 1. The van der Waals surface area contributed by atoms with Gasteiger partial charge in [-0.3, -0.25) is 10.1 Å². The van der Waals surface area contributed by atoms with Crippen LogP contribution >= 0.6 is 0 Å². The van der Waals surface area contributed by atoms with E-state index < -0.39 is 17.6 Å². The van der Waals surface area contributed by atoms with E-state index in [2.05, 4.69) is 0 Å². The summed E-state index contributed by atoms with van der Waals surface area (Å²) in [4.78, 5) is 9.49. The zero-order chi connectivity index (χ0) is 10.4. The van der Waals surface area contributed by atoms with Crippen molar-refractivity contribution in [1.29, 1.82) is 0 Å². The van der Waals surface area contributed by atoms with Gasteiger partial charge >= 0.3 is 0 Å². The second kappa shape index (κ2) is 5.14. The second-order valence-corrected chi connectivity index (χ2v) is 2.85. The van der Waals surface area contributed by atoms with Gasteiger partial charge in [-0.1, -0.05) is 36.4 Å². The van der Waals surface area contributed by atoms with Crippen LogP contribution in [0.4, 0.5) is 0 Å². The lowest BCUT2D eigenvalue weighted by Crippen LogP contribution is -2.16. The number of rotatable bonds is 4. The third-order valence-electron chi connectivity index (χ3n) is 1.65. The Labute approximate surface area is 81.6 Å². The van der Waals surface area contributed by atoms with Crippen LogP contribution in [0.2, 0.25) is 0 Å². The number of aliphatic hydroxyl groups excluding tert-OH is 1. The minimum Gasteiger partial charge on any atom is -0.382 e. The number of aliphatic hydroxyl groups is 1. The lowest BCUT2D eigenvalue weighted by atomic mass is 10.2. The number of hydrogen-bond acceptors (Lipinski definition) is 3. The van der Waals surface area contributed by atoms with Crippen LogP contribution in [0, 0.1) is 10.1 Å². The highest BCUT2D eigenvalue weighted by atomic mass is 16.6. The molecule has 0 bridgehead atoms. The molecule has 0 aliphatic carbocycles. The fraction of sp³-hybridized carbons (Fsp3) is 0.200. The molecule has 1 aromatic rings. The van der Waals surface area contributed by atoms with Crippen LogP contribution in [0.25, 0.3) is 6.08 Å². The maximum Gasteiger partial charge on any atom is 0.232 e. The fourth-order valence-electron chi connectivity index (χ4n) is 1.000. The van der Waals surface area contributed by atoms with E-state index in [9.17, 15) is 10.1 Å². The van der Waals surface area contributed by atoms with Crippen molar-refractivity contribution in [2.75, 3.05) is 6.54 Å². The van der Waals surface area contributed by atoms with Crippen LogP contribution in [0.3, 0.4) is 0 Å². The van der Waals surface area contributed by atoms with Gasteiger partial charge in [0.15, 0.2) is 0 Å². The molecule has 0 aliphatic heterocycles. The Morgan fingerprint density at radius 1 is 1.43 bits per heavy atom. The molecule has 0 unspecified atom stereocenters. The van der Waals surface area contributed by atoms with Crippen molar-refractivity contribution in [3.05, 3.63) is 52.1 Å². The van der Waals surface area contributed by atoms with Crippen molar-refractivity contribution < 1.29 is 10.0 Å². The molecule has 0 aromatic heterocycles. The minimum absolute atomic E-state index is 0.455. The Morgan fingerprint density at radius 2 is 2.07 bits per heavy atom. The molecule has 0 fully saturated rings. The quantitative estimate of drug-likeness (QED) is 0.579. The van der Waals surface area contributed by atoms with Gasteiger partial charge in [-0.2, -0.15) is 0 Å². The van der Waals surface area contributed by atoms with Crippen LogP contribution < -0.4 is 0 Å². The van der Waals surface area contributed by atoms with Gasteiger partial charge in [-0.15, -0.1) is 0 Å². The van der Waals surface area contributed by atoms with Crippen LogP contribution in [-0.4, -0.2) is 22.7 Å². The molecule has 4 heteroatoms. The maximum atomic E-state index is 10.0. The summed E-state index contributed by atoms with van der Waals surface area (Å²) in [5.41, 5.74) is 0.912. The van der Waals surface area contributed by atoms with Crippen molar-refractivity contribution in [3.8, 4) is 0 Å². The molecule has 0 spiro atoms. The standard InChI is InChI=1S/C10H11NO3/c12-10(8-11(13)14)7-6-9-4-2-1-3-5-9/h1-7,10,12H,8H2/b7-6+/t10-/m1/s1. The van der Waals surface area contributed by atoms with Crippen molar-refractivity contribution in [1.82, 2.24) is 0 Å². The van der Waals surface area contributed by atoms with Crippen molar-refractivity contribution in [3.63, 3.8) is 0 Å². The molecule has 14 heavy (non-hydrogen) atoms. The van der Waals surface area contributed by atoms with Crippen LogP contribution in [0.5, 0.6) is 0 Å². The normalized spacial score (nSPS) is 12.9. The zero-order valence-electron chi connectivity index (χ0n) is 7.54. The SMILES string of the molecule is O=[N+]([O-])C[C@H](O)/C=C/c1ccccc1. The molecule has 1 rings (SSSR count). The molecular weight excluding hydrogens is 182 g/mol. The summed E-state index contributed by atoms with van der Waals surface area (Å²) in [6.45, 7) is -0.455. The summed E-state index contributed by atoms with van der Waals surface area (Å²) < 4.78 is 0. The largest absolute Gasteiger partial charge is 0.382 e. The van der Waals surface area contributed by atoms with Gasteiger partial charge in [0.2, 0.25) is 6.54 Å². The lowest BCUT2D eigenvalue weighted by molar-refractivity contribution is -0.487. The lowest BCUT2D eigenvalue weighted by Gasteiger charge is -1.98. The molecule has 0 aliphatic rings.